The maximum Gasteiger partial charge on any atom is 0.251 e. The molecule has 0 aliphatic rings. The average Bonchev–Trinajstić information content (AvgIpc) is 2.95. The summed E-state index contributed by atoms with van der Waals surface area (Å²) in [4.78, 5) is 25.0. The fourth-order valence-corrected chi connectivity index (χ4v) is 2.23. The van der Waals surface area contributed by atoms with Crippen LogP contribution in [-0.4, -0.2) is 46.1 Å². The van der Waals surface area contributed by atoms with Crippen LogP contribution in [0, 0.1) is 6.92 Å². The smallest absolute Gasteiger partial charge is 0.251 e. The topological polar surface area (TPSA) is 84.4 Å². The molecular formula is C15H18N4O3S. The van der Waals surface area contributed by atoms with Crippen molar-refractivity contribution in [1.29, 1.82) is 0 Å². The molecule has 1 N–H and O–H groups in total. The predicted octanol–water partition coefficient (Wildman–Crippen LogP) is 1.24. The van der Waals surface area contributed by atoms with Crippen molar-refractivity contribution in [3.05, 3.63) is 41.2 Å². The Morgan fingerprint density at radius 1 is 1.30 bits per heavy atom. The highest BCUT2D eigenvalue weighted by Crippen LogP contribution is 2.16. The molecule has 0 radical (unpaired) electrons. The number of carbonyl (C=O) groups is 2. The van der Waals surface area contributed by atoms with Crippen LogP contribution in [-0.2, 0) is 11.4 Å². The number of rotatable bonds is 6. The molecule has 0 atom stereocenters. The van der Waals surface area contributed by atoms with Gasteiger partial charge in [0.05, 0.1) is 24.0 Å². The van der Waals surface area contributed by atoms with Gasteiger partial charge < -0.3 is 15.0 Å². The van der Waals surface area contributed by atoms with Gasteiger partial charge in [0.15, 0.2) is 0 Å². The van der Waals surface area contributed by atoms with Gasteiger partial charge in [0, 0.05) is 19.7 Å². The number of amides is 2. The Balaban J connectivity index is 1.95. The van der Waals surface area contributed by atoms with Crippen LogP contribution in [0.2, 0.25) is 0 Å². The number of hydrogen-bond acceptors (Lipinski definition) is 6. The predicted molar refractivity (Wildman–Crippen MR) is 86.4 cm³/mol. The van der Waals surface area contributed by atoms with E-state index < -0.39 is 0 Å². The molecule has 0 saturated carbocycles. The van der Waals surface area contributed by atoms with E-state index in [4.69, 9.17) is 4.74 Å². The summed E-state index contributed by atoms with van der Waals surface area (Å²) in [6.07, 6.45) is 0. The first-order valence-corrected chi connectivity index (χ1v) is 7.69. The molecule has 0 bridgehead atoms. The minimum Gasteiger partial charge on any atom is -0.487 e. The van der Waals surface area contributed by atoms with Gasteiger partial charge in [-0.1, -0.05) is 6.07 Å². The monoisotopic (exact) mass is 334 g/mol. The second kappa shape index (κ2) is 7.68. The molecule has 122 valence electrons. The second-order valence-electron chi connectivity index (χ2n) is 5.08. The summed E-state index contributed by atoms with van der Waals surface area (Å²) < 4.78 is 13.9. The van der Waals surface area contributed by atoms with E-state index >= 15 is 0 Å². The lowest BCUT2D eigenvalue weighted by atomic mass is 10.2. The van der Waals surface area contributed by atoms with Crippen molar-refractivity contribution in [2.45, 2.75) is 13.5 Å². The van der Waals surface area contributed by atoms with Crippen LogP contribution in [0.4, 0.5) is 0 Å². The zero-order valence-corrected chi connectivity index (χ0v) is 14.0. The Morgan fingerprint density at radius 3 is 2.74 bits per heavy atom. The molecule has 0 spiro atoms. The first-order valence-electron chi connectivity index (χ1n) is 6.96. The summed E-state index contributed by atoms with van der Waals surface area (Å²) in [6, 6.07) is 6.78. The molecule has 7 nitrogen and oxygen atoms in total. The standard InChI is InChI=1S/C15H18N4O3S/c1-10-13(18-23-17-10)9-22-12-6-4-5-11(7-12)15(21)16-8-14(20)19(2)3/h4-7H,8-9H2,1-3H3,(H,16,21). The third-order valence-electron chi connectivity index (χ3n) is 3.12. The molecule has 1 aromatic heterocycles. The molecule has 1 heterocycles. The van der Waals surface area contributed by atoms with Crippen LogP contribution >= 0.6 is 11.7 Å². The Labute approximate surface area is 138 Å². The van der Waals surface area contributed by atoms with Crippen LogP contribution in [0.25, 0.3) is 0 Å². The van der Waals surface area contributed by atoms with E-state index in [1.54, 1.807) is 38.4 Å². The zero-order valence-electron chi connectivity index (χ0n) is 13.2. The molecule has 23 heavy (non-hydrogen) atoms. The zero-order chi connectivity index (χ0) is 16.8. The molecule has 0 aliphatic heterocycles. The fraction of sp³-hybridized carbons (Fsp3) is 0.333. The number of likely N-dealkylation sites (N-methyl/N-ethyl adjacent to an activating group) is 1. The Bertz CT molecular complexity index is 700. The van der Waals surface area contributed by atoms with E-state index in [1.165, 1.54) is 4.90 Å². The summed E-state index contributed by atoms with van der Waals surface area (Å²) in [5, 5.41) is 2.58. The SMILES string of the molecule is Cc1nsnc1COc1cccc(C(=O)NCC(=O)N(C)C)c1. The summed E-state index contributed by atoms with van der Waals surface area (Å²) >= 11 is 1.14. The first kappa shape index (κ1) is 16.9. The fourth-order valence-electron chi connectivity index (χ4n) is 1.68. The molecule has 0 saturated heterocycles. The van der Waals surface area contributed by atoms with Crippen LogP contribution in [0.1, 0.15) is 21.7 Å². The largest absolute Gasteiger partial charge is 0.487 e. The highest BCUT2D eigenvalue weighted by molar-refractivity contribution is 6.99. The van der Waals surface area contributed by atoms with Gasteiger partial charge in [-0.2, -0.15) is 8.75 Å². The quantitative estimate of drug-likeness (QED) is 0.859. The number of ether oxygens (including phenoxy) is 1. The van der Waals surface area contributed by atoms with Gasteiger partial charge in [0.2, 0.25) is 5.91 Å². The van der Waals surface area contributed by atoms with Crippen LogP contribution in [0.3, 0.4) is 0 Å². The van der Waals surface area contributed by atoms with Gasteiger partial charge >= 0.3 is 0 Å². The maximum atomic E-state index is 12.1. The number of aromatic nitrogens is 2. The van der Waals surface area contributed by atoms with Crippen LogP contribution in [0.15, 0.2) is 24.3 Å². The minimum absolute atomic E-state index is 0.0411. The van der Waals surface area contributed by atoms with Gasteiger partial charge in [-0.05, 0) is 25.1 Å². The Morgan fingerprint density at radius 2 is 2.09 bits per heavy atom. The van der Waals surface area contributed by atoms with Crippen molar-refractivity contribution in [2.24, 2.45) is 0 Å². The van der Waals surface area contributed by atoms with E-state index in [9.17, 15) is 9.59 Å². The summed E-state index contributed by atoms with van der Waals surface area (Å²) in [5.41, 5.74) is 2.05. The van der Waals surface area contributed by atoms with Crippen LogP contribution < -0.4 is 10.1 Å². The third kappa shape index (κ3) is 4.75. The van der Waals surface area contributed by atoms with E-state index in [0.29, 0.717) is 17.9 Å². The second-order valence-corrected chi connectivity index (χ2v) is 5.61. The minimum atomic E-state index is -0.322. The molecule has 2 aromatic rings. The molecule has 1 aromatic carbocycles. The van der Waals surface area contributed by atoms with Crippen molar-refractivity contribution < 1.29 is 14.3 Å². The normalized spacial score (nSPS) is 10.2. The lowest BCUT2D eigenvalue weighted by Crippen LogP contribution is -2.36. The van der Waals surface area contributed by atoms with Crippen molar-refractivity contribution in [1.82, 2.24) is 19.0 Å². The van der Waals surface area contributed by atoms with Gasteiger partial charge in [-0.25, -0.2) is 0 Å². The molecule has 0 unspecified atom stereocenters. The van der Waals surface area contributed by atoms with E-state index in [1.807, 2.05) is 6.92 Å². The Kier molecular flexibility index (Phi) is 5.64. The first-order chi connectivity index (χ1) is 11.0. The number of aryl methyl sites for hydroxylation is 1. The highest BCUT2D eigenvalue weighted by Gasteiger charge is 2.10. The van der Waals surface area contributed by atoms with Crippen molar-refractivity contribution in [2.75, 3.05) is 20.6 Å². The summed E-state index contributed by atoms with van der Waals surface area (Å²) in [7, 11) is 3.27. The average molecular weight is 334 g/mol. The molecule has 0 fully saturated rings. The molecule has 2 rings (SSSR count). The molecule has 0 aliphatic carbocycles. The van der Waals surface area contributed by atoms with E-state index in [2.05, 4.69) is 14.1 Å². The highest BCUT2D eigenvalue weighted by atomic mass is 32.1. The van der Waals surface area contributed by atoms with Gasteiger partial charge in [-0.3, -0.25) is 9.59 Å². The number of benzene rings is 1. The van der Waals surface area contributed by atoms with Crippen molar-refractivity contribution in [3.63, 3.8) is 0 Å². The number of carbonyl (C=O) groups excluding carboxylic acids is 2. The lowest BCUT2D eigenvalue weighted by molar-refractivity contribution is -0.127. The van der Waals surface area contributed by atoms with Gasteiger partial charge in [0.25, 0.3) is 5.91 Å². The molecule has 8 heteroatoms. The third-order valence-corrected chi connectivity index (χ3v) is 3.77. The number of hydrogen-bond donors (Lipinski definition) is 1. The molecular weight excluding hydrogens is 316 g/mol. The van der Waals surface area contributed by atoms with E-state index in [0.717, 1.165) is 23.1 Å². The van der Waals surface area contributed by atoms with Crippen molar-refractivity contribution >= 4 is 23.5 Å². The van der Waals surface area contributed by atoms with Crippen molar-refractivity contribution in [3.8, 4) is 5.75 Å². The maximum absolute atomic E-state index is 12.1. The summed E-state index contributed by atoms with van der Waals surface area (Å²) in [6.45, 7) is 2.13. The van der Waals surface area contributed by atoms with E-state index in [-0.39, 0.29) is 18.4 Å². The number of nitrogens with zero attached hydrogens (tertiary/aromatic N) is 3. The van der Waals surface area contributed by atoms with Gasteiger partial charge in [-0.15, -0.1) is 0 Å². The summed E-state index contributed by atoms with van der Waals surface area (Å²) in [5.74, 6) is 0.0680. The lowest BCUT2D eigenvalue weighted by Gasteiger charge is -2.11. The van der Waals surface area contributed by atoms with Gasteiger partial charge in [0.1, 0.15) is 18.1 Å². The number of nitrogens with one attached hydrogen (secondary N) is 1. The van der Waals surface area contributed by atoms with Crippen LogP contribution in [0.5, 0.6) is 5.75 Å². The molecule has 2 amide bonds. The Hall–Kier alpha value is -2.48.